The van der Waals surface area contributed by atoms with Crippen molar-refractivity contribution in [1.29, 1.82) is 0 Å². The molecule has 1 aliphatic carbocycles. The minimum Gasteiger partial charge on any atom is -0.353 e. The van der Waals surface area contributed by atoms with E-state index in [1.807, 2.05) is 0 Å². The Balaban J connectivity index is 1.80. The van der Waals surface area contributed by atoms with Gasteiger partial charge in [-0.15, -0.1) is 0 Å². The van der Waals surface area contributed by atoms with E-state index in [9.17, 15) is 0 Å². The van der Waals surface area contributed by atoms with E-state index < -0.39 is 0 Å². The largest absolute Gasteiger partial charge is 0.353 e. The molecule has 0 atom stereocenters. The van der Waals surface area contributed by atoms with Gasteiger partial charge in [0.2, 0.25) is 0 Å². The number of nitrogens with one attached hydrogen (secondary N) is 2. The highest BCUT2D eigenvalue weighted by molar-refractivity contribution is 6.22. The molecular formula is C27H28N2. The predicted octanol–water partition coefficient (Wildman–Crippen LogP) is 7.55. The van der Waals surface area contributed by atoms with Gasteiger partial charge in [-0.05, 0) is 33.4 Å². The normalized spacial score (nSPS) is 19.5. The topological polar surface area (TPSA) is 31.6 Å². The average molecular weight is 381 g/mol. The third-order valence-corrected chi connectivity index (χ3v) is 8.85. The summed E-state index contributed by atoms with van der Waals surface area (Å²) in [6.45, 7) is 14.5. The number of H-pyrrole nitrogens is 2. The lowest BCUT2D eigenvalue weighted by molar-refractivity contribution is 0.125. The molecule has 3 aromatic carbocycles. The van der Waals surface area contributed by atoms with Crippen molar-refractivity contribution in [2.75, 3.05) is 0 Å². The second-order valence-electron chi connectivity index (χ2n) is 10.5. The number of para-hydroxylation sites is 1. The second-order valence-corrected chi connectivity index (χ2v) is 10.5. The van der Waals surface area contributed by atoms with Crippen molar-refractivity contribution < 1.29 is 0 Å². The van der Waals surface area contributed by atoms with Crippen molar-refractivity contribution in [3.05, 3.63) is 59.7 Å². The van der Waals surface area contributed by atoms with E-state index in [4.69, 9.17) is 0 Å². The molecule has 0 aliphatic heterocycles. The Hall–Kier alpha value is -2.74. The number of aromatic amines is 2. The first-order chi connectivity index (χ1) is 13.7. The summed E-state index contributed by atoms with van der Waals surface area (Å²) in [5, 5.41) is 5.22. The van der Waals surface area contributed by atoms with Crippen LogP contribution in [0.3, 0.4) is 0 Å². The Morgan fingerprint density at radius 3 is 1.90 bits per heavy atom. The van der Waals surface area contributed by atoms with Gasteiger partial charge >= 0.3 is 0 Å². The summed E-state index contributed by atoms with van der Waals surface area (Å²) >= 11 is 0. The van der Waals surface area contributed by atoms with Gasteiger partial charge in [0, 0.05) is 27.1 Å². The molecule has 146 valence electrons. The van der Waals surface area contributed by atoms with Crippen LogP contribution in [0.4, 0.5) is 0 Å². The monoisotopic (exact) mass is 380 g/mol. The number of aromatic nitrogens is 2. The van der Waals surface area contributed by atoms with Crippen LogP contribution in [0.15, 0.2) is 48.5 Å². The zero-order chi connectivity index (χ0) is 20.3. The van der Waals surface area contributed by atoms with E-state index in [1.165, 1.54) is 54.7 Å². The van der Waals surface area contributed by atoms with Gasteiger partial charge in [-0.25, -0.2) is 0 Å². The van der Waals surface area contributed by atoms with Gasteiger partial charge in [-0.3, -0.25) is 0 Å². The first-order valence-electron chi connectivity index (χ1n) is 10.6. The SMILES string of the molecule is CC1(C)c2ccc3c([nH]c4c3ccc3c5ccccc5[nH]c34)c2C(C)(C)C1(C)C. The molecule has 2 heteroatoms. The maximum Gasteiger partial charge on any atom is 0.0710 e. The predicted molar refractivity (Wildman–Crippen MR) is 125 cm³/mol. The summed E-state index contributed by atoms with van der Waals surface area (Å²) in [6, 6.07) is 17.9. The van der Waals surface area contributed by atoms with Gasteiger partial charge < -0.3 is 9.97 Å². The van der Waals surface area contributed by atoms with Crippen molar-refractivity contribution in [1.82, 2.24) is 9.97 Å². The van der Waals surface area contributed by atoms with Gasteiger partial charge in [0.15, 0.2) is 0 Å². The number of rotatable bonds is 0. The molecule has 5 aromatic rings. The van der Waals surface area contributed by atoms with Gasteiger partial charge in [0.25, 0.3) is 0 Å². The van der Waals surface area contributed by atoms with Gasteiger partial charge in [0.1, 0.15) is 0 Å². The van der Waals surface area contributed by atoms with E-state index in [0.717, 1.165) is 0 Å². The molecule has 0 fully saturated rings. The van der Waals surface area contributed by atoms with E-state index in [-0.39, 0.29) is 16.2 Å². The van der Waals surface area contributed by atoms with Crippen LogP contribution < -0.4 is 0 Å². The first-order valence-corrected chi connectivity index (χ1v) is 10.6. The Kier molecular flexibility index (Phi) is 2.88. The summed E-state index contributed by atoms with van der Waals surface area (Å²) in [5.41, 5.74) is 8.27. The third kappa shape index (κ3) is 1.75. The van der Waals surface area contributed by atoms with Crippen LogP contribution in [0.1, 0.15) is 52.7 Å². The second kappa shape index (κ2) is 4.87. The minimum atomic E-state index is 0.0752. The molecule has 0 radical (unpaired) electrons. The first kappa shape index (κ1) is 17.1. The van der Waals surface area contributed by atoms with Crippen LogP contribution in [0.5, 0.6) is 0 Å². The Morgan fingerprint density at radius 1 is 0.552 bits per heavy atom. The Morgan fingerprint density at radius 2 is 1.14 bits per heavy atom. The molecule has 0 bridgehead atoms. The van der Waals surface area contributed by atoms with Crippen molar-refractivity contribution in [2.24, 2.45) is 5.41 Å². The third-order valence-electron chi connectivity index (χ3n) is 8.85. The van der Waals surface area contributed by atoms with Crippen LogP contribution in [0, 0.1) is 5.41 Å². The maximum atomic E-state index is 3.88. The minimum absolute atomic E-state index is 0.0752. The molecule has 29 heavy (non-hydrogen) atoms. The molecule has 6 rings (SSSR count). The number of benzene rings is 3. The Bertz CT molecular complexity index is 1470. The molecular weight excluding hydrogens is 352 g/mol. The van der Waals surface area contributed by atoms with Crippen molar-refractivity contribution in [3.63, 3.8) is 0 Å². The van der Waals surface area contributed by atoms with E-state index >= 15 is 0 Å². The lowest BCUT2D eigenvalue weighted by atomic mass is 9.59. The molecule has 0 saturated carbocycles. The summed E-state index contributed by atoms with van der Waals surface area (Å²) in [6.07, 6.45) is 0. The van der Waals surface area contributed by atoms with Crippen LogP contribution in [0.2, 0.25) is 0 Å². The van der Waals surface area contributed by atoms with Gasteiger partial charge in [0.05, 0.1) is 16.6 Å². The van der Waals surface area contributed by atoms with Crippen LogP contribution in [-0.4, -0.2) is 9.97 Å². The summed E-state index contributed by atoms with van der Waals surface area (Å²) in [5.74, 6) is 0. The molecule has 0 amide bonds. The fourth-order valence-corrected chi connectivity index (χ4v) is 5.96. The zero-order valence-electron chi connectivity index (χ0n) is 18.1. The number of fused-ring (bicyclic) bond motifs is 9. The lowest BCUT2D eigenvalue weighted by Gasteiger charge is -2.44. The Labute approximate surface area is 171 Å². The molecule has 0 unspecified atom stereocenters. The fourth-order valence-electron chi connectivity index (χ4n) is 5.96. The van der Waals surface area contributed by atoms with E-state index in [1.54, 1.807) is 0 Å². The van der Waals surface area contributed by atoms with Crippen LogP contribution in [-0.2, 0) is 10.8 Å². The van der Waals surface area contributed by atoms with Crippen LogP contribution >= 0.6 is 0 Å². The molecule has 2 aromatic heterocycles. The van der Waals surface area contributed by atoms with Crippen LogP contribution in [0.25, 0.3) is 43.6 Å². The highest BCUT2D eigenvalue weighted by Gasteiger charge is 2.57. The molecule has 2 heterocycles. The van der Waals surface area contributed by atoms with Crippen molar-refractivity contribution in [3.8, 4) is 0 Å². The summed E-state index contributed by atoms with van der Waals surface area (Å²) < 4.78 is 0. The maximum absolute atomic E-state index is 3.88. The lowest BCUT2D eigenvalue weighted by Crippen LogP contribution is -2.42. The summed E-state index contributed by atoms with van der Waals surface area (Å²) in [7, 11) is 0. The molecule has 1 aliphatic rings. The standard InChI is InChI=1S/C27H28N2/c1-25(2)19-14-13-17-18-12-11-16-15-9-7-8-10-20(15)28-23(16)24(18)29-22(17)21(19)26(3,4)27(25,5)6/h7-14,28-29H,1-6H3. The number of hydrogen-bond donors (Lipinski definition) is 2. The molecule has 0 saturated heterocycles. The smallest absolute Gasteiger partial charge is 0.0710 e. The molecule has 0 spiro atoms. The fraction of sp³-hybridized carbons (Fsp3) is 0.333. The van der Waals surface area contributed by atoms with Crippen molar-refractivity contribution >= 4 is 43.6 Å². The van der Waals surface area contributed by atoms with E-state index in [0.29, 0.717) is 0 Å². The van der Waals surface area contributed by atoms with Gasteiger partial charge in [-0.1, -0.05) is 84.0 Å². The summed E-state index contributed by atoms with van der Waals surface area (Å²) in [4.78, 5) is 7.55. The van der Waals surface area contributed by atoms with E-state index in [2.05, 4.69) is 100 Å². The molecule has 2 nitrogen and oxygen atoms in total. The van der Waals surface area contributed by atoms with Crippen molar-refractivity contribution in [2.45, 2.75) is 52.4 Å². The van der Waals surface area contributed by atoms with Gasteiger partial charge in [-0.2, -0.15) is 0 Å². The highest BCUT2D eigenvalue weighted by atomic mass is 14.8. The molecule has 2 N–H and O–H groups in total. The zero-order valence-corrected chi connectivity index (χ0v) is 18.1. The average Bonchev–Trinajstić information content (AvgIpc) is 3.27. The quantitative estimate of drug-likeness (QED) is 0.278. The highest BCUT2D eigenvalue weighted by Crippen LogP contribution is 2.63. The number of hydrogen-bond acceptors (Lipinski definition) is 0.